The molecular weight excluding hydrogens is 425 g/mol. The first-order valence-electron chi connectivity index (χ1n) is 10.5. The number of methoxy groups -OCH3 is 2. The fraction of sp³-hybridized carbons (Fsp3) is 0.269. The molecule has 2 aromatic carbocycles. The van der Waals surface area contributed by atoms with Crippen LogP contribution in [0, 0.1) is 12.7 Å². The first-order valence-corrected chi connectivity index (χ1v) is 10.5. The van der Waals surface area contributed by atoms with Crippen molar-refractivity contribution in [3.63, 3.8) is 0 Å². The highest BCUT2D eigenvalue weighted by Crippen LogP contribution is 2.29. The topological polar surface area (TPSA) is 74.7 Å². The number of benzene rings is 2. The van der Waals surface area contributed by atoms with Gasteiger partial charge in [-0.1, -0.05) is 0 Å². The Morgan fingerprint density at radius 1 is 0.909 bits per heavy atom. The number of halogens is 1. The number of rotatable bonds is 11. The Balaban J connectivity index is 1.67. The minimum absolute atomic E-state index is 0.0200. The Hall–Kier alpha value is -3.58. The normalized spacial score (nSPS) is 10.7. The van der Waals surface area contributed by atoms with Crippen LogP contribution >= 0.6 is 0 Å². The van der Waals surface area contributed by atoms with Gasteiger partial charge in [0.05, 0.1) is 13.7 Å². The van der Waals surface area contributed by atoms with Crippen LogP contribution in [-0.4, -0.2) is 44.0 Å². The standard InChI is InChI=1S/C26H26FNO5/c1-17-16-19(6-9-21(17)27)26-25(32-3)13-10-22(28-26)24(30)12-11-23(29)18-4-7-20(8-5-18)33-15-14-31-2/h4-10,13,16H,11-12,14-15H2,1-3H3. The second kappa shape index (κ2) is 11.3. The third-order valence-electron chi connectivity index (χ3n) is 5.11. The quantitative estimate of drug-likeness (QED) is 0.299. The molecule has 33 heavy (non-hydrogen) atoms. The molecule has 172 valence electrons. The summed E-state index contributed by atoms with van der Waals surface area (Å²) < 4.78 is 29.4. The number of carbonyl (C=O) groups excluding carboxylic acids is 2. The molecule has 1 heterocycles. The molecule has 0 atom stereocenters. The SMILES string of the molecule is COCCOc1ccc(C(=O)CCC(=O)c2ccc(OC)c(-c3ccc(F)c(C)c3)n2)cc1. The molecule has 0 fully saturated rings. The zero-order valence-electron chi connectivity index (χ0n) is 18.9. The van der Waals surface area contributed by atoms with E-state index in [0.717, 1.165) is 0 Å². The molecule has 6 nitrogen and oxygen atoms in total. The summed E-state index contributed by atoms with van der Waals surface area (Å²) in [5.41, 5.74) is 2.29. The minimum atomic E-state index is -0.321. The summed E-state index contributed by atoms with van der Waals surface area (Å²) in [5.74, 6) is 0.394. The predicted octanol–water partition coefficient (Wildman–Crippen LogP) is 5.08. The molecule has 0 aliphatic rings. The van der Waals surface area contributed by atoms with Crippen LogP contribution < -0.4 is 9.47 Å². The summed E-state index contributed by atoms with van der Waals surface area (Å²) in [5, 5.41) is 0. The molecule has 0 bridgehead atoms. The van der Waals surface area contributed by atoms with Gasteiger partial charge in [-0.05, 0) is 67.1 Å². The molecule has 3 rings (SSSR count). The van der Waals surface area contributed by atoms with E-state index < -0.39 is 0 Å². The molecular formula is C26H26FNO5. The van der Waals surface area contributed by atoms with Crippen LogP contribution in [0.3, 0.4) is 0 Å². The first-order chi connectivity index (χ1) is 15.9. The maximum absolute atomic E-state index is 13.7. The molecule has 0 aliphatic carbocycles. The Morgan fingerprint density at radius 3 is 2.30 bits per heavy atom. The lowest BCUT2D eigenvalue weighted by molar-refractivity contribution is 0.0915. The van der Waals surface area contributed by atoms with E-state index in [9.17, 15) is 14.0 Å². The van der Waals surface area contributed by atoms with Crippen LogP contribution in [0.25, 0.3) is 11.3 Å². The van der Waals surface area contributed by atoms with Crippen molar-refractivity contribution in [2.45, 2.75) is 19.8 Å². The van der Waals surface area contributed by atoms with E-state index in [0.29, 0.717) is 47.1 Å². The Labute approximate surface area is 192 Å². The zero-order valence-corrected chi connectivity index (χ0v) is 18.9. The fourth-order valence-electron chi connectivity index (χ4n) is 3.24. The smallest absolute Gasteiger partial charge is 0.181 e. The van der Waals surface area contributed by atoms with Crippen molar-refractivity contribution in [3.05, 3.63) is 77.2 Å². The molecule has 0 amide bonds. The summed E-state index contributed by atoms with van der Waals surface area (Å²) in [4.78, 5) is 29.7. The Bertz CT molecular complexity index is 1130. The average Bonchev–Trinajstić information content (AvgIpc) is 2.84. The molecule has 0 saturated carbocycles. The lowest BCUT2D eigenvalue weighted by Gasteiger charge is -2.11. The highest BCUT2D eigenvalue weighted by molar-refractivity contribution is 6.01. The Morgan fingerprint density at radius 2 is 1.64 bits per heavy atom. The molecule has 3 aromatic rings. The van der Waals surface area contributed by atoms with Crippen molar-refractivity contribution in [1.82, 2.24) is 4.98 Å². The van der Waals surface area contributed by atoms with E-state index in [-0.39, 0.29) is 35.9 Å². The van der Waals surface area contributed by atoms with E-state index in [1.807, 2.05) is 0 Å². The van der Waals surface area contributed by atoms with Crippen molar-refractivity contribution in [2.24, 2.45) is 0 Å². The number of Topliss-reactive ketones (excluding diaryl/α,β-unsaturated/α-hetero) is 2. The van der Waals surface area contributed by atoms with Gasteiger partial charge in [-0.3, -0.25) is 9.59 Å². The second-order valence-corrected chi connectivity index (χ2v) is 7.42. The third kappa shape index (κ3) is 6.23. The van der Waals surface area contributed by atoms with Crippen LogP contribution in [0.4, 0.5) is 4.39 Å². The third-order valence-corrected chi connectivity index (χ3v) is 5.11. The summed E-state index contributed by atoms with van der Waals surface area (Å²) in [6.07, 6.45) is 0.0769. The van der Waals surface area contributed by atoms with Gasteiger partial charge < -0.3 is 14.2 Å². The maximum Gasteiger partial charge on any atom is 0.181 e. The monoisotopic (exact) mass is 451 g/mol. The van der Waals surface area contributed by atoms with Crippen molar-refractivity contribution in [2.75, 3.05) is 27.4 Å². The number of carbonyl (C=O) groups is 2. The van der Waals surface area contributed by atoms with Gasteiger partial charge in [0, 0.05) is 31.1 Å². The van der Waals surface area contributed by atoms with Gasteiger partial charge in [0.2, 0.25) is 0 Å². The van der Waals surface area contributed by atoms with Crippen molar-refractivity contribution in [3.8, 4) is 22.8 Å². The second-order valence-electron chi connectivity index (χ2n) is 7.42. The van der Waals surface area contributed by atoms with Crippen molar-refractivity contribution >= 4 is 11.6 Å². The number of hydrogen-bond donors (Lipinski definition) is 0. The van der Waals surface area contributed by atoms with E-state index in [1.165, 1.54) is 13.2 Å². The van der Waals surface area contributed by atoms with Crippen LogP contribution in [0.15, 0.2) is 54.6 Å². The number of nitrogens with zero attached hydrogens (tertiary/aromatic N) is 1. The number of hydrogen-bond acceptors (Lipinski definition) is 6. The van der Waals surface area contributed by atoms with Gasteiger partial charge in [-0.15, -0.1) is 0 Å². The van der Waals surface area contributed by atoms with Crippen molar-refractivity contribution in [1.29, 1.82) is 0 Å². The van der Waals surface area contributed by atoms with Gasteiger partial charge in [0.1, 0.15) is 35.3 Å². The molecule has 0 saturated heterocycles. The molecule has 1 aromatic heterocycles. The van der Waals surface area contributed by atoms with Crippen molar-refractivity contribution < 1.29 is 28.2 Å². The highest BCUT2D eigenvalue weighted by atomic mass is 19.1. The molecule has 0 spiro atoms. The van der Waals surface area contributed by atoms with Gasteiger partial charge in [0.15, 0.2) is 11.6 Å². The number of aryl methyl sites for hydroxylation is 1. The lowest BCUT2D eigenvalue weighted by Crippen LogP contribution is -2.08. The molecule has 0 radical (unpaired) electrons. The zero-order chi connectivity index (χ0) is 23.8. The average molecular weight is 451 g/mol. The minimum Gasteiger partial charge on any atom is -0.494 e. The summed E-state index contributed by atoms with van der Waals surface area (Å²) in [6, 6.07) is 14.6. The summed E-state index contributed by atoms with van der Waals surface area (Å²) in [7, 11) is 3.10. The van der Waals surface area contributed by atoms with Crippen LogP contribution in [-0.2, 0) is 4.74 Å². The maximum atomic E-state index is 13.7. The van der Waals surface area contributed by atoms with Crippen LogP contribution in [0.1, 0.15) is 39.3 Å². The van der Waals surface area contributed by atoms with E-state index in [1.54, 1.807) is 62.6 Å². The van der Waals surface area contributed by atoms with Gasteiger partial charge in [0.25, 0.3) is 0 Å². The number of ether oxygens (including phenoxy) is 3. The highest BCUT2D eigenvalue weighted by Gasteiger charge is 2.16. The number of aromatic nitrogens is 1. The summed E-state index contributed by atoms with van der Waals surface area (Å²) >= 11 is 0. The predicted molar refractivity (Wildman–Crippen MR) is 123 cm³/mol. The van der Waals surface area contributed by atoms with Gasteiger partial charge in [-0.2, -0.15) is 0 Å². The lowest BCUT2D eigenvalue weighted by atomic mass is 10.0. The van der Waals surface area contributed by atoms with E-state index in [4.69, 9.17) is 14.2 Å². The first kappa shape index (κ1) is 24.1. The molecule has 0 unspecified atom stereocenters. The number of pyridine rings is 1. The largest absolute Gasteiger partial charge is 0.494 e. The summed E-state index contributed by atoms with van der Waals surface area (Å²) in [6.45, 7) is 2.56. The van der Waals surface area contributed by atoms with Gasteiger partial charge in [-0.25, -0.2) is 9.37 Å². The van der Waals surface area contributed by atoms with Crippen LogP contribution in [0.5, 0.6) is 11.5 Å². The number of ketones is 2. The molecule has 7 heteroatoms. The van der Waals surface area contributed by atoms with Gasteiger partial charge >= 0.3 is 0 Å². The molecule has 0 N–H and O–H groups in total. The van der Waals surface area contributed by atoms with Crippen LogP contribution in [0.2, 0.25) is 0 Å². The van der Waals surface area contributed by atoms with E-state index in [2.05, 4.69) is 4.98 Å². The fourth-order valence-corrected chi connectivity index (χ4v) is 3.24. The molecule has 0 aliphatic heterocycles. The Kier molecular flexibility index (Phi) is 8.27. The van der Waals surface area contributed by atoms with E-state index >= 15 is 0 Å².